The molecule has 5 nitrogen and oxygen atoms in total. The fourth-order valence-electron chi connectivity index (χ4n) is 3.63. The summed E-state index contributed by atoms with van der Waals surface area (Å²) in [5.41, 5.74) is 5.32. The van der Waals surface area contributed by atoms with Gasteiger partial charge in [0.2, 0.25) is 5.91 Å². The van der Waals surface area contributed by atoms with E-state index in [1.807, 2.05) is 0 Å². The molecule has 1 fully saturated rings. The zero-order valence-electron chi connectivity index (χ0n) is 15.4. The van der Waals surface area contributed by atoms with Gasteiger partial charge in [-0.25, -0.2) is 4.39 Å². The van der Waals surface area contributed by atoms with E-state index in [2.05, 4.69) is 0 Å². The lowest BCUT2D eigenvalue weighted by Gasteiger charge is -2.42. The van der Waals surface area contributed by atoms with E-state index in [0.717, 1.165) is 6.42 Å². The van der Waals surface area contributed by atoms with Crippen LogP contribution in [0.4, 0.5) is 4.39 Å². The summed E-state index contributed by atoms with van der Waals surface area (Å²) in [5.74, 6) is -0.436. The molecular weight excluding hydrogens is 383 g/mol. The number of amides is 2. The number of benzene rings is 2. The first-order chi connectivity index (χ1) is 13.4. The van der Waals surface area contributed by atoms with Gasteiger partial charge in [-0.05, 0) is 55.3 Å². The van der Waals surface area contributed by atoms with Crippen LogP contribution in [-0.4, -0.2) is 36.4 Å². The Bertz CT molecular complexity index is 859. The topological polar surface area (TPSA) is 72.6 Å². The molecule has 0 unspecified atom stereocenters. The normalized spacial score (nSPS) is 19.3. The molecule has 7 heteroatoms. The molecule has 1 aliphatic heterocycles. The predicted molar refractivity (Wildman–Crippen MR) is 105 cm³/mol. The van der Waals surface area contributed by atoms with Gasteiger partial charge in [-0.15, -0.1) is 0 Å². The van der Waals surface area contributed by atoms with Gasteiger partial charge in [-0.1, -0.05) is 17.7 Å². The number of carbonyl (C=O) groups is 2. The average molecular weight is 405 g/mol. The molecule has 2 aromatic rings. The van der Waals surface area contributed by atoms with Crippen LogP contribution in [0, 0.1) is 11.2 Å². The smallest absolute Gasteiger partial charge is 0.253 e. The van der Waals surface area contributed by atoms with Crippen LogP contribution >= 0.6 is 11.6 Å². The van der Waals surface area contributed by atoms with Crippen LogP contribution in [0.5, 0.6) is 5.75 Å². The number of likely N-dealkylation sites (tertiary alicyclic amines) is 1. The van der Waals surface area contributed by atoms with Crippen LogP contribution in [0.2, 0.25) is 5.02 Å². The Morgan fingerprint density at radius 2 is 1.96 bits per heavy atom. The molecule has 0 aliphatic carbocycles. The Hall–Kier alpha value is -2.60. The van der Waals surface area contributed by atoms with Crippen LogP contribution in [0.3, 0.4) is 0 Å². The first-order valence-electron chi connectivity index (χ1n) is 9.08. The monoisotopic (exact) mass is 404 g/mol. The number of nitrogens with two attached hydrogens (primary N) is 1. The Kier molecular flexibility index (Phi) is 6.19. The van der Waals surface area contributed by atoms with Gasteiger partial charge >= 0.3 is 0 Å². The van der Waals surface area contributed by atoms with Crippen LogP contribution < -0.4 is 10.5 Å². The van der Waals surface area contributed by atoms with Crippen molar-refractivity contribution in [3.63, 3.8) is 0 Å². The Morgan fingerprint density at radius 3 is 2.64 bits per heavy atom. The van der Waals surface area contributed by atoms with Gasteiger partial charge in [-0.2, -0.15) is 0 Å². The quantitative estimate of drug-likeness (QED) is 0.798. The second-order valence-electron chi connectivity index (χ2n) is 7.23. The largest absolute Gasteiger partial charge is 0.493 e. The minimum Gasteiger partial charge on any atom is -0.493 e. The Balaban J connectivity index is 1.76. The highest BCUT2D eigenvalue weighted by atomic mass is 35.5. The molecule has 0 aromatic heterocycles. The highest BCUT2D eigenvalue weighted by Crippen LogP contribution is 2.35. The van der Waals surface area contributed by atoms with Gasteiger partial charge in [-0.3, -0.25) is 9.59 Å². The number of piperidine rings is 1. The van der Waals surface area contributed by atoms with Crippen molar-refractivity contribution in [2.45, 2.75) is 19.3 Å². The summed E-state index contributed by atoms with van der Waals surface area (Å²) >= 11 is 6.00. The summed E-state index contributed by atoms with van der Waals surface area (Å²) in [6, 6.07) is 12.5. The zero-order valence-corrected chi connectivity index (χ0v) is 16.1. The maximum absolute atomic E-state index is 13.1. The number of primary amides is 1. The van der Waals surface area contributed by atoms with Gasteiger partial charge in [0.1, 0.15) is 11.6 Å². The van der Waals surface area contributed by atoms with Crippen molar-refractivity contribution < 1.29 is 18.7 Å². The maximum Gasteiger partial charge on any atom is 0.253 e. The lowest BCUT2D eigenvalue weighted by molar-refractivity contribution is -0.122. The molecular formula is C21H22ClFN2O3. The van der Waals surface area contributed by atoms with Crippen molar-refractivity contribution in [3.8, 4) is 5.75 Å². The standard InChI is InChI=1S/C21H22ClFN2O3/c22-16-3-1-4-18(11-16)28-14-21(12-19(24)26)9-2-10-25(13-21)20(27)15-5-7-17(23)8-6-15/h1,3-8,11H,2,9-10,12-14H2,(H2,24,26)/t21-/m0/s1. The summed E-state index contributed by atoms with van der Waals surface area (Å²) in [7, 11) is 0. The van der Waals surface area contributed by atoms with Gasteiger partial charge in [0, 0.05) is 35.5 Å². The zero-order chi connectivity index (χ0) is 20.1. The van der Waals surface area contributed by atoms with Crippen molar-refractivity contribution >= 4 is 23.4 Å². The van der Waals surface area contributed by atoms with E-state index in [4.69, 9.17) is 22.1 Å². The second kappa shape index (κ2) is 8.61. The van der Waals surface area contributed by atoms with Crippen molar-refractivity contribution in [2.75, 3.05) is 19.7 Å². The van der Waals surface area contributed by atoms with Crippen molar-refractivity contribution in [1.29, 1.82) is 0 Å². The molecule has 0 spiro atoms. The first-order valence-corrected chi connectivity index (χ1v) is 9.46. The van der Waals surface area contributed by atoms with Gasteiger partial charge in [0.05, 0.1) is 6.61 Å². The van der Waals surface area contributed by atoms with E-state index in [0.29, 0.717) is 35.8 Å². The van der Waals surface area contributed by atoms with Crippen LogP contribution in [0.25, 0.3) is 0 Å². The molecule has 148 valence electrons. The second-order valence-corrected chi connectivity index (χ2v) is 7.66. The number of rotatable bonds is 6. The number of ether oxygens (including phenoxy) is 1. The van der Waals surface area contributed by atoms with E-state index >= 15 is 0 Å². The minimum atomic E-state index is -0.581. The van der Waals surface area contributed by atoms with Gasteiger partial charge in [0.15, 0.2) is 0 Å². The van der Waals surface area contributed by atoms with Crippen LogP contribution in [0.15, 0.2) is 48.5 Å². The highest BCUT2D eigenvalue weighted by Gasteiger charge is 2.39. The highest BCUT2D eigenvalue weighted by molar-refractivity contribution is 6.30. The van der Waals surface area contributed by atoms with Crippen molar-refractivity contribution in [3.05, 3.63) is 64.9 Å². The Morgan fingerprint density at radius 1 is 1.21 bits per heavy atom. The number of carbonyl (C=O) groups excluding carboxylic acids is 2. The van der Waals surface area contributed by atoms with Crippen LogP contribution in [0.1, 0.15) is 29.6 Å². The Labute approximate surface area is 168 Å². The van der Waals surface area contributed by atoms with Crippen molar-refractivity contribution in [2.24, 2.45) is 11.1 Å². The molecule has 1 atom stereocenters. The molecule has 0 radical (unpaired) electrons. The minimum absolute atomic E-state index is 0.112. The SMILES string of the molecule is NC(=O)C[C@@]1(COc2cccc(Cl)c2)CCCN(C(=O)c2ccc(F)cc2)C1. The van der Waals surface area contributed by atoms with Crippen LogP contribution in [-0.2, 0) is 4.79 Å². The number of hydrogen-bond donors (Lipinski definition) is 1. The van der Waals surface area contributed by atoms with E-state index in [9.17, 15) is 14.0 Å². The molecule has 2 amide bonds. The lowest BCUT2D eigenvalue weighted by Crippen LogP contribution is -2.50. The molecule has 1 saturated heterocycles. The third kappa shape index (κ3) is 5.01. The number of hydrogen-bond acceptors (Lipinski definition) is 3. The maximum atomic E-state index is 13.1. The number of halogens is 2. The summed E-state index contributed by atoms with van der Waals surface area (Å²) < 4.78 is 19.0. The molecule has 0 saturated carbocycles. The summed E-state index contributed by atoms with van der Waals surface area (Å²) in [5, 5.41) is 0.554. The lowest BCUT2D eigenvalue weighted by atomic mass is 9.77. The number of nitrogens with zero attached hydrogens (tertiary/aromatic N) is 1. The molecule has 1 aliphatic rings. The first kappa shape index (κ1) is 20.1. The fourth-order valence-corrected chi connectivity index (χ4v) is 3.81. The van der Waals surface area contributed by atoms with Gasteiger partial charge in [0.25, 0.3) is 5.91 Å². The van der Waals surface area contributed by atoms with E-state index < -0.39 is 17.1 Å². The van der Waals surface area contributed by atoms with E-state index in [1.165, 1.54) is 24.3 Å². The molecule has 2 aromatic carbocycles. The molecule has 2 N–H and O–H groups in total. The molecule has 0 bridgehead atoms. The van der Waals surface area contributed by atoms with Crippen molar-refractivity contribution in [1.82, 2.24) is 4.90 Å². The molecule has 28 heavy (non-hydrogen) atoms. The molecule has 3 rings (SSSR count). The summed E-state index contributed by atoms with van der Waals surface area (Å²) in [6.07, 6.45) is 1.55. The summed E-state index contributed by atoms with van der Waals surface area (Å²) in [4.78, 5) is 26.2. The third-order valence-electron chi connectivity index (χ3n) is 4.93. The predicted octanol–water partition coefficient (Wildman–Crippen LogP) is 3.66. The average Bonchev–Trinajstić information content (AvgIpc) is 2.66. The van der Waals surface area contributed by atoms with Gasteiger partial charge < -0.3 is 15.4 Å². The van der Waals surface area contributed by atoms with E-state index in [-0.39, 0.29) is 18.9 Å². The summed E-state index contributed by atoms with van der Waals surface area (Å²) in [6.45, 7) is 1.14. The molecule has 1 heterocycles. The third-order valence-corrected chi connectivity index (χ3v) is 5.17. The van der Waals surface area contributed by atoms with E-state index in [1.54, 1.807) is 29.2 Å². The fraction of sp³-hybridized carbons (Fsp3) is 0.333.